The number of hydrogen-bond acceptors (Lipinski definition) is 5. The fourth-order valence-electron chi connectivity index (χ4n) is 4.82. The lowest BCUT2D eigenvalue weighted by Gasteiger charge is -2.22. The first-order valence-electron chi connectivity index (χ1n) is 13.3. The van der Waals surface area contributed by atoms with E-state index in [1.807, 2.05) is 55.0 Å². The minimum Gasteiger partial charge on any atom is -0.494 e. The average Bonchev–Trinajstić information content (AvgIpc) is 2.96. The van der Waals surface area contributed by atoms with Crippen LogP contribution in [-0.4, -0.2) is 39.1 Å². The van der Waals surface area contributed by atoms with Crippen molar-refractivity contribution in [2.45, 2.75) is 32.2 Å². The third-order valence-electron chi connectivity index (χ3n) is 6.98. The van der Waals surface area contributed by atoms with Gasteiger partial charge in [0.15, 0.2) is 0 Å². The van der Waals surface area contributed by atoms with Gasteiger partial charge in [-0.25, -0.2) is 0 Å². The van der Waals surface area contributed by atoms with Crippen LogP contribution in [0.1, 0.15) is 30.4 Å². The van der Waals surface area contributed by atoms with E-state index in [-0.39, 0.29) is 42.8 Å². The Balaban J connectivity index is 0.00000196. The second-order valence-electron chi connectivity index (χ2n) is 9.78. The molecule has 0 unspecified atom stereocenters. The van der Waals surface area contributed by atoms with Crippen molar-refractivity contribution >= 4 is 59.0 Å². The molecule has 41 heavy (non-hydrogen) atoms. The summed E-state index contributed by atoms with van der Waals surface area (Å²) in [6.45, 7) is 3.57. The van der Waals surface area contributed by atoms with Crippen LogP contribution in [0.25, 0.3) is 21.8 Å². The second kappa shape index (κ2) is 16.9. The maximum atomic E-state index is 11.8. The van der Waals surface area contributed by atoms with Gasteiger partial charge in [-0.3, -0.25) is 19.7 Å². The average molecular weight is 616 g/mol. The van der Waals surface area contributed by atoms with Gasteiger partial charge in [0, 0.05) is 55.6 Å². The third kappa shape index (κ3) is 9.44. The first-order chi connectivity index (χ1) is 18.7. The summed E-state index contributed by atoms with van der Waals surface area (Å²) in [6, 6.07) is 24.0. The number of aryl methyl sites for hydroxylation is 1. The molecule has 0 N–H and O–H groups in total. The van der Waals surface area contributed by atoms with Crippen molar-refractivity contribution in [1.82, 2.24) is 19.4 Å². The smallest absolute Gasteiger partial charge is 0.250 e. The Bertz CT molecular complexity index is 1560. The van der Waals surface area contributed by atoms with Gasteiger partial charge in [0.05, 0.1) is 17.6 Å². The molecule has 0 saturated carbocycles. The first-order valence-corrected chi connectivity index (χ1v) is 13.3. The minimum absolute atomic E-state index is 0. The molecular weight excluding hydrogens is 579 g/mol. The fourth-order valence-corrected chi connectivity index (χ4v) is 4.82. The molecule has 5 rings (SSSR count). The maximum absolute atomic E-state index is 11.8. The van der Waals surface area contributed by atoms with Crippen LogP contribution in [0.15, 0.2) is 96.2 Å². The predicted molar refractivity (Wildman–Crippen MR) is 175 cm³/mol. The highest BCUT2D eigenvalue weighted by atomic mass is 35.5. The first kappa shape index (κ1) is 34.0. The third-order valence-corrected chi connectivity index (χ3v) is 6.98. The van der Waals surface area contributed by atoms with Gasteiger partial charge in [-0.15, -0.1) is 37.2 Å². The summed E-state index contributed by atoms with van der Waals surface area (Å²) in [6.07, 6.45) is 9.97. The number of unbranched alkanes of at least 4 members (excludes halogenated alkanes) is 2. The number of nitrogens with zero attached hydrogens (tertiary/aromatic N) is 4. The van der Waals surface area contributed by atoms with Crippen molar-refractivity contribution in [3.63, 3.8) is 0 Å². The molecule has 2 aromatic carbocycles. The zero-order chi connectivity index (χ0) is 26.2. The molecule has 0 bridgehead atoms. The quantitative estimate of drug-likeness (QED) is 0.141. The van der Waals surface area contributed by atoms with Gasteiger partial charge in [-0.1, -0.05) is 24.3 Å². The van der Waals surface area contributed by atoms with Crippen LogP contribution in [0, 0.1) is 0 Å². The SMILES string of the molecule is Cl.Cl.Cl.Cn1c(=O)ccc2cc(OCCCCCN(CCc3cccnc3)Cc3cnc4ccccc4c3)ccc21. The van der Waals surface area contributed by atoms with Crippen molar-refractivity contribution < 1.29 is 4.74 Å². The Morgan fingerprint density at radius 3 is 2.49 bits per heavy atom. The van der Waals surface area contributed by atoms with E-state index in [4.69, 9.17) is 4.74 Å². The second-order valence-corrected chi connectivity index (χ2v) is 9.78. The molecule has 6 nitrogen and oxygen atoms in total. The van der Waals surface area contributed by atoms with Gasteiger partial charge in [0.25, 0.3) is 5.56 Å². The van der Waals surface area contributed by atoms with Crippen LogP contribution in [0.4, 0.5) is 0 Å². The molecular formula is C32H37Cl3N4O2. The number of halogens is 3. The molecule has 0 aliphatic carbocycles. The Kier molecular flexibility index (Phi) is 14.1. The number of pyridine rings is 3. The van der Waals surface area contributed by atoms with Gasteiger partial charge < -0.3 is 9.30 Å². The van der Waals surface area contributed by atoms with Crippen molar-refractivity contribution in [3.05, 3.63) is 113 Å². The zero-order valence-electron chi connectivity index (χ0n) is 23.1. The molecule has 218 valence electrons. The number of ether oxygens (including phenoxy) is 1. The summed E-state index contributed by atoms with van der Waals surface area (Å²) in [5, 5.41) is 2.20. The van der Waals surface area contributed by atoms with Crippen molar-refractivity contribution in [1.29, 1.82) is 0 Å². The van der Waals surface area contributed by atoms with Crippen LogP contribution in [0.3, 0.4) is 0 Å². The number of benzene rings is 2. The van der Waals surface area contributed by atoms with Crippen LogP contribution in [0.5, 0.6) is 5.75 Å². The summed E-state index contributed by atoms with van der Waals surface area (Å²) >= 11 is 0. The number of aromatic nitrogens is 3. The maximum Gasteiger partial charge on any atom is 0.250 e. The summed E-state index contributed by atoms with van der Waals surface area (Å²) < 4.78 is 7.68. The van der Waals surface area contributed by atoms with E-state index in [1.54, 1.807) is 17.7 Å². The number of hydrogen-bond donors (Lipinski definition) is 0. The van der Waals surface area contributed by atoms with Crippen molar-refractivity contribution in [2.24, 2.45) is 7.05 Å². The standard InChI is InChI=1S/C32H34N4O2.3ClH/c1-35-31-13-12-29(21-28(31)11-14-32(35)37)38-19-6-2-5-17-36(18-15-25-8-7-16-33-22-25)24-26-20-27-9-3-4-10-30(27)34-23-26;;;/h3-4,7-14,16,20-23H,2,5-6,15,17-19,24H2,1H3;3*1H. The van der Waals surface area contributed by atoms with Gasteiger partial charge in [0.2, 0.25) is 0 Å². The lowest BCUT2D eigenvalue weighted by atomic mass is 10.1. The predicted octanol–water partition coefficient (Wildman–Crippen LogP) is 7.04. The molecule has 3 aromatic heterocycles. The van der Waals surface area contributed by atoms with Crippen molar-refractivity contribution in [2.75, 3.05) is 19.7 Å². The Morgan fingerprint density at radius 1 is 0.805 bits per heavy atom. The van der Waals surface area contributed by atoms with Crippen LogP contribution < -0.4 is 10.3 Å². The molecule has 9 heteroatoms. The van der Waals surface area contributed by atoms with Gasteiger partial charge in [0.1, 0.15) is 5.75 Å². The highest BCUT2D eigenvalue weighted by Crippen LogP contribution is 2.20. The molecule has 0 spiro atoms. The van der Waals surface area contributed by atoms with E-state index in [0.717, 1.165) is 67.5 Å². The van der Waals surface area contributed by atoms with Crippen LogP contribution >= 0.6 is 37.2 Å². The lowest BCUT2D eigenvalue weighted by Crippen LogP contribution is -2.27. The summed E-state index contributed by atoms with van der Waals surface area (Å²) in [7, 11) is 1.79. The summed E-state index contributed by atoms with van der Waals surface area (Å²) in [4.78, 5) is 23.3. The molecule has 0 atom stereocenters. The van der Waals surface area contributed by atoms with Gasteiger partial charge >= 0.3 is 0 Å². The van der Waals surface area contributed by atoms with Crippen molar-refractivity contribution in [3.8, 4) is 5.75 Å². The molecule has 0 radical (unpaired) electrons. The topological polar surface area (TPSA) is 60.2 Å². The number of para-hydroxylation sites is 1. The van der Waals surface area contributed by atoms with Crippen LogP contribution in [-0.2, 0) is 20.0 Å². The fraction of sp³-hybridized carbons (Fsp3) is 0.281. The Hall–Kier alpha value is -3.16. The van der Waals surface area contributed by atoms with E-state index < -0.39 is 0 Å². The molecule has 0 fully saturated rings. The van der Waals surface area contributed by atoms with Gasteiger partial charge in [-0.05, 0) is 85.8 Å². The van der Waals surface area contributed by atoms with E-state index >= 15 is 0 Å². The number of fused-ring (bicyclic) bond motifs is 2. The monoisotopic (exact) mass is 614 g/mol. The van der Waals surface area contributed by atoms with E-state index in [9.17, 15) is 4.79 Å². The minimum atomic E-state index is -0.00229. The molecule has 3 heterocycles. The number of rotatable bonds is 12. The highest BCUT2D eigenvalue weighted by molar-refractivity contribution is 5.86. The Labute approximate surface area is 260 Å². The summed E-state index contributed by atoms with van der Waals surface area (Å²) in [5.41, 5.74) is 4.45. The Morgan fingerprint density at radius 2 is 1.66 bits per heavy atom. The van der Waals surface area contributed by atoms with E-state index in [1.165, 1.54) is 16.5 Å². The normalized spacial score (nSPS) is 10.6. The van der Waals surface area contributed by atoms with Crippen LogP contribution in [0.2, 0.25) is 0 Å². The summed E-state index contributed by atoms with van der Waals surface area (Å²) in [5.74, 6) is 0.845. The molecule has 0 amide bonds. The van der Waals surface area contributed by atoms with E-state index in [2.05, 4.69) is 45.2 Å². The lowest BCUT2D eigenvalue weighted by molar-refractivity contribution is 0.253. The molecule has 0 aliphatic heterocycles. The molecule has 0 saturated heterocycles. The zero-order valence-corrected chi connectivity index (χ0v) is 25.6. The molecule has 0 aliphatic rings. The highest BCUT2D eigenvalue weighted by Gasteiger charge is 2.09. The van der Waals surface area contributed by atoms with E-state index in [0.29, 0.717) is 6.61 Å². The van der Waals surface area contributed by atoms with Gasteiger partial charge in [-0.2, -0.15) is 0 Å². The largest absolute Gasteiger partial charge is 0.494 e. The molecule has 5 aromatic rings.